The van der Waals surface area contributed by atoms with Crippen LogP contribution in [0.2, 0.25) is 0 Å². The van der Waals surface area contributed by atoms with Crippen molar-refractivity contribution in [3.05, 3.63) is 46.0 Å². The van der Waals surface area contributed by atoms with Crippen LogP contribution in [0.1, 0.15) is 23.3 Å². The van der Waals surface area contributed by atoms with Gasteiger partial charge in [-0.15, -0.1) is 11.3 Å². The number of hydrogen-bond acceptors (Lipinski definition) is 4. The summed E-state index contributed by atoms with van der Waals surface area (Å²) in [7, 11) is 1.87. The minimum absolute atomic E-state index is 0.272. The van der Waals surface area contributed by atoms with Gasteiger partial charge in [0.15, 0.2) is 0 Å². The lowest BCUT2D eigenvalue weighted by molar-refractivity contribution is 0.614. The number of hydrogen-bond donors (Lipinski definition) is 1. The number of nitrogens with zero attached hydrogens (tertiary/aromatic N) is 2. The van der Waals surface area contributed by atoms with E-state index in [1.807, 2.05) is 7.05 Å². The zero-order valence-corrected chi connectivity index (χ0v) is 12.3. The van der Waals surface area contributed by atoms with E-state index in [0.29, 0.717) is 12.6 Å². The quantitative estimate of drug-likeness (QED) is 0.886. The Hall–Kier alpha value is -1.46. The number of pyridine rings is 1. The van der Waals surface area contributed by atoms with Crippen molar-refractivity contribution in [3.63, 3.8) is 0 Å². The van der Waals surface area contributed by atoms with E-state index >= 15 is 0 Å². The van der Waals surface area contributed by atoms with E-state index in [1.54, 1.807) is 17.4 Å². The molecule has 106 valence electrons. The topological polar surface area (TPSA) is 28.2 Å². The third kappa shape index (κ3) is 2.99. The maximum atomic E-state index is 13.4. The second kappa shape index (κ2) is 5.89. The molecule has 1 N–H and O–H groups in total. The van der Waals surface area contributed by atoms with Crippen LogP contribution in [0.15, 0.2) is 29.8 Å². The largest absolute Gasteiger partial charge is 0.348 e. The molecular weight excluding hydrogens is 273 g/mol. The van der Waals surface area contributed by atoms with Crippen LogP contribution in [0, 0.1) is 5.82 Å². The third-order valence-electron chi connectivity index (χ3n) is 3.44. The summed E-state index contributed by atoms with van der Waals surface area (Å²) in [6.07, 6.45) is 3.71. The van der Waals surface area contributed by atoms with Crippen molar-refractivity contribution in [3.8, 4) is 0 Å². The first kappa shape index (κ1) is 13.5. The van der Waals surface area contributed by atoms with Gasteiger partial charge in [-0.3, -0.25) is 0 Å². The molecule has 0 bridgehead atoms. The van der Waals surface area contributed by atoms with E-state index in [9.17, 15) is 4.39 Å². The predicted octanol–water partition coefficient (Wildman–Crippen LogP) is 3.17. The lowest BCUT2D eigenvalue weighted by Crippen LogP contribution is -2.27. The molecule has 1 aliphatic rings. The molecule has 1 aliphatic carbocycles. The van der Waals surface area contributed by atoms with Gasteiger partial charge < -0.3 is 10.2 Å². The standard InChI is InChI=1S/C15H18FN3S/c1-17-8-11-7-12(16)9-18-15(11)19(13-4-5-13)10-14-3-2-6-20-14/h2-3,6-7,9,13,17H,4-5,8,10H2,1H3. The molecule has 1 saturated carbocycles. The molecule has 0 aromatic carbocycles. The van der Waals surface area contributed by atoms with E-state index < -0.39 is 0 Å². The van der Waals surface area contributed by atoms with E-state index in [0.717, 1.165) is 17.9 Å². The SMILES string of the molecule is CNCc1cc(F)cnc1N(Cc1cccs1)C1CC1. The van der Waals surface area contributed by atoms with Crippen molar-refractivity contribution in [2.45, 2.75) is 32.0 Å². The van der Waals surface area contributed by atoms with Crippen LogP contribution in [-0.2, 0) is 13.1 Å². The van der Waals surface area contributed by atoms with Gasteiger partial charge in [0, 0.05) is 23.0 Å². The molecule has 2 aromatic rings. The Kier molecular flexibility index (Phi) is 3.98. The highest BCUT2D eigenvalue weighted by Gasteiger charge is 2.31. The Morgan fingerprint density at radius 3 is 3.00 bits per heavy atom. The molecule has 5 heteroatoms. The fourth-order valence-corrected chi connectivity index (χ4v) is 3.09. The van der Waals surface area contributed by atoms with Crippen LogP contribution in [0.4, 0.5) is 10.2 Å². The Labute approximate surface area is 122 Å². The second-order valence-corrected chi connectivity index (χ2v) is 6.14. The fourth-order valence-electron chi connectivity index (χ4n) is 2.39. The summed E-state index contributed by atoms with van der Waals surface area (Å²) in [6.45, 7) is 1.49. The molecule has 20 heavy (non-hydrogen) atoms. The van der Waals surface area contributed by atoms with Crippen LogP contribution >= 0.6 is 11.3 Å². The normalized spacial score (nSPS) is 14.5. The molecule has 0 radical (unpaired) electrons. The van der Waals surface area contributed by atoms with Gasteiger partial charge in [0.25, 0.3) is 0 Å². The third-order valence-corrected chi connectivity index (χ3v) is 4.30. The smallest absolute Gasteiger partial charge is 0.141 e. The monoisotopic (exact) mass is 291 g/mol. The number of aromatic nitrogens is 1. The predicted molar refractivity (Wildman–Crippen MR) is 80.5 cm³/mol. The van der Waals surface area contributed by atoms with Crippen molar-refractivity contribution in [1.29, 1.82) is 0 Å². The number of anilines is 1. The lowest BCUT2D eigenvalue weighted by Gasteiger charge is -2.25. The molecule has 0 spiro atoms. The Bertz CT molecular complexity index is 567. The summed E-state index contributed by atoms with van der Waals surface area (Å²) in [4.78, 5) is 7.99. The van der Waals surface area contributed by atoms with Crippen molar-refractivity contribution < 1.29 is 4.39 Å². The Morgan fingerprint density at radius 1 is 1.50 bits per heavy atom. The first-order chi connectivity index (χ1) is 9.78. The number of nitrogens with one attached hydrogen (secondary N) is 1. The van der Waals surface area contributed by atoms with E-state index in [2.05, 4.69) is 32.7 Å². The molecule has 0 saturated heterocycles. The molecule has 0 unspecified atom stereocenters. The molecule has 0 atom stereocenters. The zero-order chi connectivity index (χ0) is 13.9. The highest BCUT2D eigenvalue weighted by molar-refractivity contribution is 7.09. The molecule has 1 fully saturated rings. The summed E-state index contributed by atoms with van der Waals surface area (Å²) < 4.78 is 13.4. The van der Waals surface area contributed by atoms with Gasteiger partial charge in [-0.2, -0.15) is 0 Å². The van der Waals surface area contributed by atoms with Gasteiger partial charge in [0.1, 0.15) is 11.6 Å². The first-order valence-electron chi connectivity index (χ1n) is 6.86. The van der Waals surface area contributed by atoms with Crippen molar-refractivity contribution in [2.24, 2.45) is 0 Å². The van der Waals surface area contributed by atoms with E-state index in [4.69, 9.17) is 0 Å². The molecule has 3 nitrogen and oxygen atoms in total. The average molecular weight is 291 g/mol. The zero-order valence-electron chi connectivity index (χ0n) is 11.5. The average Bonchev–Trinajstić information content (AvgIpc) is 3.15. The summed E-state index contributed by atoms with van der Waals surface area (Å²) in [5, 5.41) is 5.18. The molecule has 3 rings (SSSR count). The van der Waals surface area contributed by atoms with Crippen LogP contribution in [0.25, 0.3) is 0 Å². The summed E-state index contributed by atoms with van der Waals surface area (Å²) >= 11 is 1.75. The summed E-state index contributed by atoms with van der Waals surface area (Å²) in [6, 6.07) is 6.34. The molecule has 2 aromatic heterocycles. The highest BCUT2D eigenvalue weighted by atomic mass is 32.1. The van der Waals surface area contributed by atoms with Crippen molar-refractivity contribution in [2.75, 3.05) is 11.9 Å². The molecule has 0 aliphatic heterocycles. The van der Waals surface area contributed by atoms with Gasteiger partial charge >= 0.3 is 0 Å². The van der Waals surface area contributed by atoms with Crippen LogP contribution in [0.3, 0.4) is 0 Å². The Morgan fingerprint density at radius 2 is 2.35 bits per heavy atom. The number of rotatable bonds is 6. The van der Waals surface area contributed by atoms with Crippen LogP contribution < -0.4 is 10.2 Å². The minimum atomic E-state index is -0.272. The van der Waals surface area contributed by atoms with Crippen molar-refractivity contribution in [1.82, 2.24) is 10.3 Å². The van der Waals surface area contributed by atoms with E-state index in [1.165, 1.54) is 23.9 Å². The Balaban J connectivity index is 1.90. The summed E-state index contributed by atoms with van der Waals surface area (Å²) in [5.74, 6) is 0.641. The highest BCUT2D eigenvalue weighted by Crippen LogP contribution is 2.34. The van der Waals surface area contributed by atoms with Crippen LogP contribution in [-0.4, -0.2) is 18.1 Å². The lowest BCUT2D eigenvalue weighted by atomic mass is 10.2. The second-order valence-electron chi connectivity index (χ2n) is 5.11. The van der Waals surface area contributed by atoms with Gasteiger partial charge in [-0.25, -0.2) is 9.37 Å². The first-order valence-corrected chi connectivity index (χ1v) is 7.74. The van der Waals surface area contributed by atoms with Crippen molar-refractivity contribution >= 4 is 17.2 Å². The van der Waals surface area contributed by atoms with Gasteiger partial charge in [0.05, 0.1) is 12.7 Å². The molecule has 2 heterocycles. The number of halogens is 1. The molecular formula is C15H18FN3S. The van der Waals surface area contributed by atoms with Gasteiger partial charge in [-0.1, -0.05) is 6.07 Å². The maximum Gasteiger partial charge on any atom is 0.141 e. The minimum Gasteiger partial charge on any atom is -0.348 e. The van der Waals surface area contributed by atoms with Crippen LogP contribution in [0.5, 0.6) is 0 Å². The van der Waals surface area contributed by atoms with Gasteiger partial charge in [0.2, 0.25) is 0 Å². The summed E-state index contributed by atoms with van der Waals surface area (Å²) in [5.41, 5.74) is 0.927. The maximum absolute atomic E-state index is 13.4. The van der Waals surface area contributed by atoms with E-state index in [-0.39, 0.29) is 5.82 Å². The fraction of sp³-hybridized carbons (Fsp3) is 0.400. The number of thiophene rings is 1. The molecule has 0 amide bonds. The van der Waals surface area contributed by atoms with Gasteiger partial charge in [-0.05, 0) is 37.4 Å².